The molecule has 0 aromatic heterocycles. The second kappa shape index (κ2) is 7.42. The summed E-state index contributed by atoms with van der Waals surface area (Å²) in [5, 5.41) is 11.5. The van der Waals surface area contributed by atoms with E-state index >= 15 is 0 Å². The lowest BCUT2D eigenvalue weighted by Gasteiger charge is -2.21. The maximum atomic E-state index is 12.1. The van der Waals surface area contributed by atoms with E-state index < -0.39 is 29.7 Å². The molecule has 0 fully saturated rings. The van der Waals surface area contributed by atoms with Gasteiger partial charge >= 0.3 is 5.97 Å². The van der Waals surface area contributed by atoms with Crippen LogP contribution in [0.25, 0.3) is 0 Å². The molecular formula is C15H20N2O4. The standard InChI is InChI=1S/C15H20N2O4/c1-9(2)12(15(20)21)17-14(19)11(13(16)18)8-10-6-4-3-5-7-10/h3-7,9,11-12H,8H2,1-2H3,(H2,16,18)(H,17,19)(H,20,21). The summed E-state index contributed by atoms with van der Waals surface area (Å²) in [7, 11) is 0. The van der Waals surface area contributed by atoms with Crippen LogP contribution >= 0.6 is 0 Å². The van der Waals surface area contributed by atoms with Crippen molar-refractivity contribution < 1.29 is 19.5 Å². The zero-order chi connectivity index (χ0) is 16.0. The SMILES string of the molecule is CC(C)C(NC(=O)C(Cc1ccccc1)C(N)=O)C(=O)O. The number of carbonyl (C=O) groups is 3. The van der Waals surface area contributed by atoms with Gasteiger partial charge < -0.3 is 16.2 Å². The third-order valence-corrected chi connectivity index (χ3v) is 3.17. The first-order valence-corrected chi connectivity index (χ1v) is 6.69. The Kier molecular flexibility index (Phi) is 5.90. The molecule has 0 aliphatic rings. The van der Waals surface area contributed by atoms with Gasteiger partial charge in [-0.25, -0.2) is 4.79 Å². The number of hydrogen-bond donors (Lipinski definition) is 3. The molecule has 2 atom stereocenters. The number of rotatable bonds is 7. The highest BCUT2D eigenvalue weighted by atomic mass is 16.4. The largest absolute Gasteiger partial charge is 0.480 e. The molecule has 0 radical (unpaired) electrons. The van der Waals surface area contributed by atoms with Crippen molar-refractivity contribution in [2.75, 3.05) is 0 Å². The number of benzene rings is 1. The molecule has 0 aliphatic carbocycles. The van der Waals surface area contributed by atoms with Crippen molar-refractivity contribution in [2.45, 2.75) is 26.3 Å². The molecule has 6 nitrogen and oxygen atoms in total. The van der Waals surface area contributed by atoms with Gasteiger partial charge in [0, 0.05) is 0 Å². The Labute approximate surface area is 123 Å². The summed E-state index contributed by atoms with van der Waals surface area (Å²) in [6.07, 6.45) is 0.145. The second-order valence-electron chi connectivity index (χ2n) is 5.21. The Balaban J connectivity index is 2.83. The van der Waals surface area contributed by atoms with Gasteiger partial charge in [0.15, 0.2) is 0 Å². The third kappa shape index (κ3) is 4.91. The molecule has 0 saturated heterocycles. The average Bonchev–Trinajstić information content (AvgIpc) is 2.42. The average molecular weight is 292 g/mol. The van der Waals surface area contributed by atoms with E-state index in [0.29, 0.717) is 0 Å². The monoisotopic (exact) mass is 292 g/mol. The predicted molar refractivity (Wildman–Crippen MR) is 77.2 cm³/mol. The zero-order valence-electron chi connectivity index (χ0n) is 12.1. The molecule has 21 heavy (non-hydrogen) atoms. The molecule has 1 aromatic carbocycles. The predicted octanol–water partition coefficient (Wildman–Crippen LogP) is 0.556. The van der Waals surface area contributed by atoms with E-state index in [0.717, 1.165) is 5.56 Å². The van der Waals surface area contributed by atoms with E-state index in [4.69, 9.17) is 10.8 Å². The zero-order valence-corrected chi connectivity index (χ0v) is 12.1. The molecule has 2 unspecified atom stereocenters. The van der Waals surface area contributed by atoms with Crippen molar-refractivity contribution in [1.82, 2.24) is 5.32 Å². The highest BCUT2D eigenvalue weighted by Crippen LogP contribution is 2.10. The van der Waals surface area contributed by atoms with E-state index in [-0.39, 0.29) is 12.3 Å². The fourth-order valence-electron chi connectivity index (χ4n) is 1.94. The van der Waals surface area contributed by atoms with Crippen LogP contribution in [-0.4, -0.2) is 28.9 Å². The van der Waals surface area contributed by atoms with E-state index in [1.54, 1.807) is 38.1 Å². The fraction of sp³-hybridized carbons (Fsp3) is 0.400. The number of aliphatic carboxylic acids is 1. The van der Waals surface area contributed by atoms with E-state index in [2.05, 4.69) is 5.32 Å². The molecule has 0 aliphatic heterocycles. The first-order valence-electron chi connectivity index (χ1n) is 6.69. The Morgan fingerprint density at radius 2 is 1.76 bits per heavy atom. The number of nitrogens with one attached hydrogen (secondary N) is 1. The van der Waals surface area contributed by atoms with E-state index in [1.165, 1.54) is 0 Å². The van der Waals surface area contributed by atoms with E-state index in [1.807, 2.05) is 6.07 Å². The van der Waals surface area contributed by atoms with Gasteiger partial charge in [-0.2, -0.15) is 0 Å². The number of amides is 2. The lowest BCUT2D eigenvalue weighted by atomic mass is 9.96. The summed E-state index contributed by atoms with van der Waals surface area (Å²) >= 11 is 0. The van der Waals surface area contributed by atoms with Crippen molar-refractivity contribution in [3.8, 4) is 0 Å². The molecule has 1 rings (SSSR count). The summed E-state index contributed by atoms with van der Waals surface area (Å²) in [4.78, 5) is 34.7. The van der Waals surface area contributed by atoms with Crippen LogP contribution in [-0.2, 0) is 20.8 Å². The van der Waals surface area contributed by atoms with Gasteiger partial charge in [-0.05, 0) is 17.9 Å². The third-order valence-electron chi connectivity index (χ3n) is 3.17. The number of carboxylic acid groups (broad SMARTS) is 1. The van der Waals surface area contributed by atoms with Crippen LogP contribution in [0.15, 0.2) is 30.3 Å². The van der Waals surface area contributed by atoms with Crippen molar-refractivity contribution in [1.29, 1.82) is 0 Å². The number of primary amides is 1. The smallest absolute Gasteiger partial charge is 0.326 e. The number of carboxylic acids is 1. The van der Waals surface area contributed by atoms with Gasteiger partial charge in [-0.15, -0.1) is 0 Å². The van der Waals surface area contributed by atoms with Crippen LogP contribution in [0, 0.1) is 11.8 Å². The summed E-state index contributed by atoms with van der Waals surface area (Å²) in [6.45, 7) is 3.35. The quantitative estimate of drug-likeness (QED) is 0.638. The molecule has 0 heterocycles. The van der Waals surface area contributed by atoms with Crippen LogP contribution in [0.4, 0.5) is 0 Å². The van der Waals surface area contributed by atoms with Gasteiger partial charge in [0.1, 0.15) is 12.0 Å². The number of carbonyl (C=O) groups excluding carboxylic acids is 2. The minimum absolute atomic E-state index is 0.145. The fourth-order valence-corrected chi connectivity index (χ4v) is 1.94. The van der Waals surface area contributed by atoms with Gasteiger partial charge in [0.25, 0.3) is 0 Å². The van der Waals surface area contributed by atoms with Gasteiger partial charge in [0.2, 0.25) is 11.8 Å². The topological polar surface area (TPSA) is 109 Å². The lowest BCUT2D eigenvalue weighted by molar-refractivity contribution is -0.145. The first-order chi connectivity index (χ1) is 9.82. The highest BCUT2D eigenvalue weighted by Gasteiger charge is 2.30. The maximum absolute atomic E-state index is 12.1. The van der Waals surface area contributed by atoms with Gasteiger partial charge in [0.05, 0.1) is 0 Å². The maximum Gasteiger partial charge on any atom is 0.326 e. The molecule has 2 amide bonds. The second-order valence-corrected chi connectivity index (χ2v) is 5.21. The van der Waals surface area contributed by atoms with Crippen molar-refractivity contribution in [2.24, 2.45) is 17.6 Å². The number of hydrogen-bond acceptors (Lipinski definition) is 3. The molecule has 6 heteroatoms. The van der Waals surface area contributed by atoms with Crippen LogP contribution in [0.2, 0.25) is 0 Å². The minimum Gasteiger partial charge on any atom is -0.480 e. The van der Waals surface area contributed by atoms with Crippen LogP contribution in [0.3, 0.4) is 0 Å². The van der Waals surface area contributed by atoms with Crippen LogP contribution < -0.4 is 11.1 Å². The van der Waals surface area contributed by atoms with Gasteiger partial charge in [-0.1, -0.05) is 44.2 Å². The molecule has 4 N–H and O–H groups in total. The van der Waals surface area contributed by atoms with E-state index in [9.17, 15) is 14.4 Å². The first kappa shape index (κ1) is 16.7. The van der Waals surface area contributed by atoms with Crippen LogP contribution in [0.5, 0.6) is 0 Å². The summed E-state index contributed by atoms with van der Waals surface area (Å²) in [6, 6.07) is 7.91. The molecule has 114 valence electrons. The van der Waals surface area contributed by atoms with Crippen molar-refractivity contribution >= 4 is 17.8 Å². The lowest BCUT2D eigenvalue weighted by Crippen LogP contribution is -2.49. The summed E-state index contributed by atoms with van der Waals surface area (Å²) in [5.41, 5.74) is 6.05. The van der Waals surface area contributed by atoms with Gasteiger partial charge in [-0.3, -0.25) is 9.59 Å². The Morgan fingerprint density at radius 1 is 1.19 bits per heavy atom. The molecular weight excluding hydrogens is 272 g/mol. The van der Waals surface area contributed by atoms with Crippen molar-refractivity contribution in [3.63, 3.8) is 0 Å². The number of nitrogens with two attached hydrogens (primary N) is 1. The molecule has 0 bridgehead atoms. The van der Waals surface area contributed by atoms with Crippen LogP contribution in [0.1, 0.15) is 19.4 Å². The Morgan fingerprint density at radius 3 is 2.19 bits per heavy atom. The summed E-state index contributed by atoms with van der Waals surface area (Å²) in [5.74, 6) is -3.96. The Bertz CT molecular complexity index is 514. The van der Waals surface area contributed by atoms with Crippen molar-refractivity contribution in [3.05, 3.63) is 35.9 Å². The molecule has 0 saturated carbocycles. The normalized spacial score (nSPS) is 13.5. The molecule has 1 aromatic rings. The summed E-state index contributed by atoms with van der Waals surface area (Å²) < 4.78 is 0. The minimum atomic E-state index is -1.14. The Hall–Kier alpha value is -2.37. The molecule has 0 spiro atoms. The highest BCUT2D eigenvalue weighted by molar-refractivity contribution is 6.01.